The zero-order chi connectivity index (χ0) is 9.97. The third kappa shape index (κ3) is 2.00. The molecule has 2 aliphatic rings. The van der Waals surface area contributed by atoms with E-state index in [0.717, 1.165) is 51.6 Å². The molecule has 2 saturated heterocycles. The molecule has 0 bridgehead atoms. The summed E-state index contributed by atoms with van der Waals surface area (Å²) in [6.45, 7) is 6.68. The van der Waals surface area contributed by atoms with Crippen molar-refractivity contribution in [2.45, 2.75) is 19.8 Å². The molecule has 0 atom stereocenters. The number of nitrogens with zero attached hydrogens (tertiary/aromatic N) is 2. The first kappa shape index (κ1) is 9.77. The molecule has 14 heavy (non-hydrogen) atoms. The summed E-state index contributed by atoms with van der Waals surface area (Å²) < 4.78 is 0. The van der Waals surface area contributed by atoms with Crippen LogP contribution < -0.4 is 5.32 Å². The Hall–Kier alpha value is -0.770. The number of nitrogens with one attached hydrogen (secondary N) is 1. The van der Waals surface area contributed by atoms with Crippen molar-refractivity contribution in [1.29, 1.82) is 0 Å². The van der Waals surface area contributed by atoms with Crippen molar-refractivity contribution < 1.29 is 4.79 Å². The van der Waals surface area contributed by atoms with Crippen LogP contribution in [0.5, 0.6) is 0 Å². The molecule has 0 aromatic heterocycles. The second-order valence-corrected chi connectivity index (χ2v) is 4.37. The Bertz CT molecular complexity index is 205. The van der Waals surface area contributed by atoms with Crippen molar-refractivity contribution >= 4 is 6.03 Å². The van der Waals surface area contributed by atoms with Gasteiger partial charge in [-0.1, -0.05) is 6.92 Å². The summed E-state index contributed by atoms with van der Waals surface area (Å²) in [4.78, 5) is 15.8. The monoisotopic (exact) mass is 197 g/mol. The quantitative estimate of drug-likeness (QED) is 0.620. The summed E-state index contributed by atoms with van der Waals surface area (Å²) >= 11 is 0. The van der Waals surface area contributed by atoms with Crippen LogP contribution in [0.3, 0.4) is 0 Å². The highest BCUT2D eigenvalue weighted by Gasteiger charge is 2.25. The second kappa shape index (κ2) is 4.17. The van der Waals surface area contributed by atoms with Gasteiger partial charge >= 0.3 is 6.03 Å². The van der Waals surface area contributed by atoms with Gasteiger partial charge in [0.05, 0.1) is 6.67 Å². The van der Waals surface area contributed by atoms with E-state index in [-0.39, 0.29) is 6.03 Å². The van der Waals surface area contributed by atoms with Crippen molar-refractivity contribution in [3.8, 4) is 0 Å². The summed E-state index contributed by atoms with van der Waals surface area (Å²) in [6, 6.07) is 0.224. The van der Waals surface area contributed by atoms with Crippen LogP contribution in [0.25, 0.3) is 0 Å². The third-order valence-corrected chi connectivity index (χ3v) is 3.19. The van der Waals surface area contributed by atoms with Crippen molar-refractivity contribution in [3.63, 3.8) is 0 Å². The van der Waals surface area contributed by atoms with Gasteiger partial charge in [0.2, 0.25) is 0 Å². The van der Waals surface area contributed by atoms with E-state index in [0.29, 0.717) is 0 Å². The number of urea groups is 1. The van der Waals surface area contributed by atoms with Crippen molar-refractivity contribution in [2.24, 2.45) is 5.92 Å². The van der Waals surface area contributed by atoms with Crippen molar-refractivity contribution in [1.82, 2.24) is 15.1 Å². The van der Waals surface area contributed by atoms with E-state index in [2.05, 4.69) is 12.2 Å². The summed E-state index contributed by atoms with van der Waals surface area (Å²) in [5.74, 6) is 0.788. The average molecular weight is 197 g/mol. The number of piperidine rings is 1. The second-order valence-electron chi connectivity index (χ2n) is 4.37. The molecule has 4 heteroatoms. The van der Waals surface area contributed by atoms with Crippen molar-refractivity contribution in [2.75, 3.05) is 32.8 Å². The van der Waals surface area contributed by atoms with Crippen LogP contribution in [0.15, 0.2) is 0 Å². The maximum absolute atomic E-state index is 11.9. The molecule has 0 radical (unpaired) electrons. The van der Waals surface area contributed by atoms with Gasteiger partial charge in [0, 0.05) is 26.2 Å². The molecule has 2 rings (SSSR count). The lowest BCUT2D eigenvalue weighted by atomic mass is 10.00. The van der Waals surface area contributed by atoms with Gasteiger partial charge in [0.25, 0.3) is 0 Å². The predicted octanol–water partition coefficient (Wildman–Crippen LogP) is 0.701. The highest BCUT2D eigenvalue weighted by atomic mass is 16.2. The number of carbonyl (C=O) groups is 1. The van der Waals surface area contributed by atoms with E-state index in [1.165, 1.54) is 0 Å². The maximum Gasteiger partial charge on any atom is 0.321 e. The molecule has 0 aromatic rings. The fourth-order valence-corrected chi connectivity index (χ4v) is 2.07. The minimum Gasteiger partial charge on any atom is -0.325 e. The Labute approximate surface area is 85.2 Å². The smallest absolute Gasteiger partial charge is 0.321 e. The van der Waals surface area contributed by atoms with E-state index in [4.69, 9.17) is 0 Å². The first-order chi connectivity index (χ1) is 6.77. The Morgan fingerprint density at radius 3 is 2.50 bits per heavy atom. The molecule has 80 valence electrons. The lowest BCUT2D eigenvalue weighted by Gasteiger charge is -2.33. The highest BCUT2D eigenvalue weighted by molar-refractivity contribution is 5.74. The Balaban J connectivity index is 1.85. The van der Waals surface area contributed by atoms with Crippen LogP contribution in [0.4, 0.5) is 4.79 Å². The molecule has 0 unspecified atom stereocenters. The van der Waals surface area contributed by atoms with Gasteiger partial charge in [-0.15, -0.1) is 0 Å². The van der Waals surface area contributed by atoms with Gasteiger partial charge in [-0.3, -0.25) is 5.32 Å². The number of likely N-dealkylation sites (tertiary alicyclic amines) is 1. The summed E-state index contributed by atoms with van der Waals surface area (Å²) in [5, 5.41) is 3.18. The van der Waals surface area contributed by atoms with E-state index in [9.17, 15) is 4.79 Å². The Morgan fingerprint density at radius 2 is 1.93 bits per heavy atom. The predicted molar refractivity (Wildman–Crippen MR) is 54.9 cm³/mol. The molecule has 2 heterocycles. The lowest BCUT2D eigenvalue weighted by molar-refractivity contribution is 0.142. The Kier molecular flexibility index (Phi) is 2.91. The fourth-order valence-electron chi connectivity index (χ4n) is 2.07. The molecule has 1 N–H and O–H groups in total. The lowest BCUT2D eigenvalue weighted by Crippen LogP contribution is -2.45. The van der Waals surface area contributed by atoms with Crippen LogP contribution in [-0.2, 0) is 0 Å². The number of amides is 2. The van der Waals surface area contributed by atoms with Gasteiger partial charge in [-0.2, -0.15) is 0 Å². The first-order valence-corrected chi connectivity index (χ1v) is 5.52. The van der Waals surface area contributed by atoms with Crippen molar-refractivity contribution in [3.05, 3.63) is 0 Å². The van der Waals surface area contributed by atoms with E-state index >= 15 is 0 Å². The van der Waals surface area contributed by atoms with Gasteiger partial charge in [-0.05, 0) is 18.8 Å². The molecule has 0 aromatic carbocycles. The molecule has 0 spiro atoms. The van der Waals surface area contributed by atoms with Crippen LogP contribution in [-0.4, -0.2) is 48.7 Å². The molecule has 4 nitrogen and oxygen atoms in total. The summed E-state index contributed by atoms with van der Waals surface area (Å²) in [5.41, 5.74) is 0. The Morgan fingerprint density at radius 1 is 1.21 bits per heavy atom. The first-order valence-electron chi connectivity index (χ1n) is 5.52. The van der Waals surface area contributed by atoms with Crippen LogP contribution >= 0.6 is 0 Å². The number of rotatable bonds is 0. The van der Waals surface area contributed by atoms with Gasteiger partial charge in [-0.25, -0.2) is 4.79 Å². The highest BCUT2D eigenvalue weighted by Crippen LogP contribution is 2.17. The van der Waals surface area contributed by atoms with Crippen LogP contribution in [0, 0.1) is 5.92 Å². The topological polar surface area (TPSA) is 35.6 Å². The minimum absolute atomic E-state index is 0.224. The SMILES string of the molecule is CC1CCN(C(=O)N2CCNC2)CC1. The van der Waals surface area contributed by atoms with Gasteiger partial charge in [0.15, 0.2) is 0 Å². The van der Waals surface area contributed by atoms with Crippen LogP contribution in [0.1, 0.15) is 19.8 Å². The molecule has 2 fully saturated rings. The number of carbonyl (C=O) groups excluding carboxylic acids is 1. The third-order valence-electron chi connectivity index (χ3n) is 3.19. The normalized spacial score (nSPS) is 24.4. The summed E-state index contributed by atoms with van der Waals surface area (Å²) in [7, 11) is 0. The number of hydrogen-bond acceptors (Lipinski definition) is 2. The molecule has 0 aliphatic carbocycles. The van der Waals surface area contributed by atoms with Gasteiger partial charge < -0.3 is 9.80 Å². The molecular formula is C10H19N3O. The molecular weight excluding hydrogens is 178 g/mol. The van der Waals surface area contributed by atoms with E-state index in [1.54, 1.807) is 0 Å². The van der Waals surface area contributed by atoms with E-state index in [1.807, 2.05) is 9.80 Å². The van der Waals surface area contributed by atoms with Crippen LogP contribution in [0.2, 0.25) is 0 Å². The zero-order valence-electron chi connectivity index (χ0n) is 8.83. The number of hydrogen-bond donors (Lipinski definition) is 1. The van der Waals surface area contributed by atoms with Gasteiger partial charge in [0.1, 0.15) is 0 Å². The molecule has 2 aliphatic heterocycles. The summed E-state index contributed by atoms with van der Waals surface area (Å²) in [6.07, 6.45) is 2.32. The van der Waals surface area contributed by atoms with E-state index < -0.39 is 0 Å². The zero-order valence-corrected chi connectivity index (χ0v) is 8.83. The average Bonchev–Trinajstić information content (AvgIpc) is 2.71. The molecule has 2 amide bonds. The largest absolute Gasteiger partial charge is 0.325 e. The fraction of sp³-hybridized carbons (Fsp3) is 0.900. The molecule has 0 saturated carbocycles. The maximum atomic E-state index is 11.9. The standard InChI is InChI=1S/C10H19N3O/c1-9-2-5-12(6-3-9)10(14)13-7-4-11-8-13/h9,11H,2-8H2,1H3. The minimum atomic E-state index is 0.224.